The molecule has 0 spiro atoms. The Balaban J connectivity index is 1.53. The van der Waals surface area contributed by atoms with Crippen molar-refractivity contribution in [3.63, 3.8) is 0 Å². The predicted octanol–water partition coefficient (Wildman–Crippen LogP) is 0.174. The number of nitrogens with zero attached hydrogens (tertiary/aromatic N) is 3. The van der Waals surface area contributed by atoms with Crippen LogP contribution in [0.4, 0.5) is 10.5 Å². The summed E-state index contributed by atoms with van der Waals surface area (Å²) < 4.78 is 0. The maximum Gasteiger partial charge on any atom is 0.317 e. The Hall–Kier alpha value is -3.44. The minimum Gasteiger partial charge on any atom is -0.480 e. The maximum atomic E-state index is 12.6. The van der Waals surface area contributed by atoms with Crippen LogP contribution in [0.15, 0.2) is 24.3 Å². The molecule has 0 aromatic heterocycles. The van der Waals surface area contributed by atoms with Crippen LogP contribution in [-0.2, 0) is 54.9 Å². The Kier molecular flexibility index (Phi) is 20.6. The molecule has 4 atom stereocenters. The lowest BCUT2D eigenvalue weighted by Crippen LogP contribution is -2.49. The third kappa shape index (κ3) is 16.6. The fraction of sp³-hybridized carbons (Fsp3) is 0.667. The molecule has 53 heavy (non-hydrogen) atoms. The molecular weight excluding hydrogens is 718 g/mol. The number of carbonyl (C=O) groups is 5. The first-order chi connectivity index (χ1) is 25.6. The van der Waals surface area contributed by atoms with Crippen LogP contribution in [0.1, 0.15) is 31.2 Å². The number of benzene rings is 1. The first-order valence-corrected chi connectivity index (χ1v) is 18.4. The molecule has 4 amide bonds. The molecule has 0 radical (unpaired) electrons. The topological polar surface area (TPSA) is 219 Å². The number of anilines is 1. The van der Waals surface area contributed by atoms with Crippen molar-refractivity contribution in [2.45, 2.75) is 55.5 Å². The van der Waals surface area contributed by atoms with Gasteiger partial charge in [0.2, 0.25) is 11.8 Å². The monoisotopic (exact) mass is 771 g/mol. The lowest BCUT2D eigenvalue weighted by atomic mass is 10.0. The lowest BCUT2D eigenvalue weighted by molar-refractivity contribution is -0.339. The van der Waals surface area contributed by atoms with Gasteiger partial charge in [-0.15, -0.1) is 0 Å². The minimum absolute atomic E-state index is 0.0114. The van der Waals surface area contributed by atoms with Gasteiger partial charge < -0.3 is 31.2 Å². The van der Waals surface area contributed by atoms with Crippen LogP contribution >= 0.6 is 11.8 Å². The summed E-state index contributed by atoms with van der Waals surface area (Å²) in [7, 11) is 4.14. The number of thioether (sulfide) groups is 1. The molecule has 0 bridgehead atoms. The SMILES string of the molecule is COOCN(CCN(CC=O)CC(=O)O)CC(Cc1ccc(NC(=O)CNC(=O)CCCCC2SCC3NC(=O)NC32)cc1)N(COOC)COOC. The van der Waals surface area contributed by atoms with Gasteiger partial charge in [-0.3, -0.25) is 24.2 Å². The number of carbonyl (C=O) groups excluding carboxylic acids is 4. The molecule has 19 nitrogen and oxygen atoms in total. The van der Waals surface area contributed by atoms with Crippen molar-refractivity contribution >= 4 is 47.6 Å². The summed E-state index contributed by atoms with van der Waals surface area (Å²) in [6.07, 6.45) is 3.89. The summed E-state index contributed by atoms with van der Waals surface area (Å²) >= 11 is 1.84. The summed E-state index contributed by atoms with van der Waals surface area (Å²) in [6.45, 7) is 0.535. The number of nitrogens with one attached hydrogen (secondary N) is 4. The zero-order valence-electron chi connectivity index (χ0n) is 30.5. The van der Waals surface area contributed by atoms with Gasteiger partial charge in [0.25, 0.3) is 0 Å². The van der Waals surface area contributed by atoms with Crippen molar-refractivity contribution in [1.82, 2.24) is 30.7 Å². The van der Waals surface area contributed by atoms with E-state index in [1.807, 2.05) is 33.7 Å². The first kappa shape index (κ1) is 44.0. The van der Waals surface area contributed by atoms with Gasteiger partial charge in [-0.05, 0) is 37.0 Å². The molecule has 1 aromatic carbocycles. The number of fused-ring (bicyclic) bond motifs is 1. The fourth-order valence-electron chi connectivity index (χ4n) is 5.99. The van der Waals surface area contributed by atoms with E-state index in [2.05, 4.69) is 21.3 Å². The molecule has 4 unspecified atom stereocenters. The molecular formula is C33H53N7O12S. The number of rotatable bonds is 29. The first-order valence-electron chi connectivity index (χ1n) is 17.3. The second-order valence-electron chi connectivity index (χ2n) is 12.4. The van der Waals surface area contributed by atoms with Gasteiger partial charge in [0.05, 0.1) is 53.0 Å². The van der Waals surface area contributed by atoms with Crippen molar-refractivity contribution in [2.75, 3.05) is 91.9 Å². The van der Waals surface area contributed by atoms with Crippen LogP contribution in [0.25, 0.3) is 0 Å². The van der Waals surface area contributed by atoms with Gasteiger partial charge in [-0.2, -0.15) is 11.8 Å². The smallest absolute Gasteiger partial charge is 0.317 e. The number of unbranched alkanes of at least 4 members (excludes halogenated alkanes) is 1. The van der Waals surface area contributed by atoms with Gasteiger partial charge in [-0.1, -0.05) is 18.6 Å². The maximum absolute atomic E-state index is 12.6. The highest BCUT2D eigenvalue weighted by atomic mass is 32.2. The average Bonchev–Trinajstić information content (AvgIpc) is 3.69. The van der Waals surface area contributed by atoms with Gasteiger partial charge in [0, 0.05) is 48.8 Å². The average molecular weight is 772 g/mol. The van der Waals surface area contributed by atoms with Crippen LogP contribution < -0.4 is 21.3 Å². The number of aldehydes is 1. The molecule has 0 saturated carbocycles. The predicted molar refractivity (Wildman–Crippen MR) is 192 cm³/mol. The van der Waals surface area contributed by atoms with E-state index < -0.39 is 5.97 Å². The number of carboxylic acids is 1. The van der Waals surface area contributed by atoms with Crippen LogP contribution in [-0.4, -0.2) is 160 Å². The van der Waals surface area contributed by atoms with E-state index in [1.165, 1.54) is 26.2 Å². The van der Waals surface area contributed by atoms with E-state index in [9.17, 15) is 29.1 Å². The van der Waals surface area contributed by atoms with E-state index >= 15 is 0 Å². The molecule has 20 heteroatoms. The van der Waals surface area contributed by atoms with Gasteiger partial charge in [-0.25, -0.2) is 39.0 Å². The summed E-state index contributed by atoms with van der Waals surface area (Å²) in [5, 5.41) is 21.0. The molecule has 2 aliphatic heterocycles. The van der Waals surface area contributed by atoms with Gasteiger partial charge >= 0.3 is 12.0 Å². The highest BCUT2D eigenvalue weighted by Gasteiger charge is 2.42. The lowest BCUT2D eigenvalue weighted by Gasteiger charge is -2.34. The number of hydrogen-bond acceptors (Lipinski definition) is 15. The Morgan fingerprint density at radius 3 is 2.30 bits per heavy atom. The minimum atomic E-state index is -1.05. The van der Waals surface area contributed by atoms with Gasteiger partial charge in [0.1, 0.15) is 26.5 Å². The van der Waals surface area contributed by atoms with Crippen LogP contribution in [0.5, 0.6) is 0 Å². The van der Waals surface area contributed by atoms with Crippen molar-refractivity contribution in [3.05, 3.63) is 29.8 Å². The number of carboxylic acid groups (broad SMARTS) is 1. The van der Waals surface area contributed by atoms with E-state index in [0.29, 0.717) is 49.6 Å². The zero-order chi connectivity index (χ0) is 38.4. The highest BCUT2D eigenvalue weighted by Crippen LogP contribution is 2.33. The normalized spacial score (nSPS) is 18.5. The Labute approximate surface area is 313 Å². The van der Waals surface area contributed by atoms with Crippen molar-refractivity contribution < 1.29 is 58.4 Å². The standard InChI is InChI=1S/C33H53N7O12S/c1-47-50-21-39(13-12-38(14-15-41)19-31(44)45)18-26(40(22-51-48-2)23-52-49-3)16-24-8-10-25(11-9-24)35-30(43)17-34-29(42)7-5-4-6-28-32-27(20-53-28)36-33(46)37-32/h8-11,15,26-28,32H,4-7,12-14,16-23H2,1-3H3,(H,34,42)(H,35,43)(H,44,45)(H2,36,37,46). The number of urea groups is 1. The molecule has 5 N–H and O–H groups in total. The largest absolute Gasteiger partial charge is 0.480 e. The molecule has 2 heterocycles. The van der Waals surface area contributed by atoms with Crippen LogP contribution in [0, 0.1) is 0 Å². The zero-order valence-corrected chi connectivity index (χ0v) is 31.3. The number of amides is 4. The molecule has 2 aliphatic rings. The van der Waals surface area contributed by atoms with Crippen LogP contribution in [0.2, 0.25) is 0 Å². The number of aliphatic carboxylic acids is 1. The molecule has 2 saturated heterocycles. The van der Waals surface area contributed by atoms with Crippen molar-refractivity contribution in [2.24, 2.45) is 0 Å². The summed E-state index contributed by atoms with van der Waals surface area (Å²) in [4.78, 5) is 94.4. The highest BCUT2D eigenvalue weighted by molar-refractivity contribution is 8.00. The summed E-state index contributed by atoms with van der Waals surface area (Å²) in [5.41, 5.74) is 1.46. The summed E-state index contributed by atoms with van der Waals surface area (Å²) in [5.74, 6) is -0.709. The van der Waals surface area contributed by atoms with Crippen molar-refractivity contribution in [3.8, 4) is 0 Å². The molecule has 3 rings (SSSR count). The Morgan fingerprint density at radius 2 is 1.64 bits per heavy atom. The Bertz CT molecular complexity index is 1280. The molecule has 2 fully saturated rings. The molecule has 298 valence electrons. The van der Waals surface area contributed by atoms with E-state index in [0.717, 1.165) is 24.2 Å². The summed E-state index contributed by atoms with van der Waals surface area (Å²) in [6, 6.07) is 7.15. The van der Waals surface area contributed by atoms with E-state index in [1.54, 1.807) is 12.1 Å². The number of hydrogen-bond donors (Lipinski definition) is 5. The van der Waals surface area contributed by atoms with Crippen LogP contribution in [0.3, 0.4) is 0 Å². The Morgan fingerprint density at radius 1 is 0.962 bits per heavy atom. The third-order valence-corrected chi connectivity index (χ3v) is 10.2. The van der Waals surface area contributed by atoms with E-state index in [-0.39, 0.29) is 82.3 Å². The molecule has 1 aromatic rings. The third-order valence-electron chi connectivity index (χ3n) is 8.67. The molecule has 0 aliphatic carbocycles. The quantitative estimate of drug-likeness (QED) is 0.0183. The van der Waals surface area contributed by atoms with E-state index in [4.69, 9.17) is 29.3 Å². The van der Waals surface area contributed by atoms with Gasteiger partial charge in [0.15, 0.2) is 0 Å². The second kappa shape index (κ2) is 24.8. The van der Waals surface area contributed by atoms with Crippen molar-refractivity contribution in [1.29, 1.82) is 0 Å². The fourth-order valence-corrected chi connectivity index (χ4v) is 7.53. The second-order valence-corrected chi connectivity index (χ2v) is 13.7.